The van der Waals surface area contributed by atoms with E-state index >= 15 is 0 Å². The second-order valence-corrected chi connectivity index (χ2v) is 3.13. The lowest BCUT2D eigenvalue weighted by Crippen LogP contribution is -1.94. The Morgan fingerprint density at radius 1 is 1.38 bits per heavy atom. The van der Waals surface area contributed by atoms with Gasteiger partial charge in [-0.25, -0.2) is 9.50 Å². The highest BCUT2D eigenvalue weighted by molar-refractivity contribution is 5.42. The molecule has 0 fully saturated rings. The largest absolute Gasteiger partial charge is 0.388 e. The third-order valence-corrected chi connectivity index (χ3v) is 1.94. The van der Waals surface area contributed by atoms with Crippen LogP contribution in [0, 0.1) is 13.8 Å². The number of nitrogens with zero attached hydrogens (tertiary/aromatic N) is 3. The molecule has 2 aromatic rings. The molecule has 2 aromatic heterocycles. The van der Waals surface area contributed by atoms with Crippen LogP contribution in [0.3, 0.4) is 0 Å². The minimum Gasteiger partial charge on any atom is -0.388 e. The van der Waals surface area contributed by atoms with Crippen LogP contribution in [-0.2, 0) is 6.61 Å². The van der Waals surface area contributed by atoms with Gasteiger partial charge < -0.3 is 5.11 Å². The van der Waals surface area contributed by atoms with Gasteiger partial charge in [-0.05, 0) is 31.5 Å². The number of fused-ring (bicyclic) bond motifs is 1. The fraction of sp³-hybridized carbons (Fsp3) is 0.333. The van der Waals surface area contributed by atoms with Crippen LogP contribution in [0.5, 0.6) is 0 Å². The number of pyridine rings is 1. The maximum atomic E-state index is 8.86. The summed E-state index contributed by atoms with van der Waals surface area (Å²) in [6, 6.07) is 3.97. The van der Waals surface area contributed by atoms with Crippen molar-refractivity contribution in [2.24, 2.45) is 0 Å². The fourth-order valence-corrected chi connectivity index (χ4v) is 1.42. The van der Waals surface area contributed by atoms with E-state index in [2.05, 4.69) is 10.1 Å². The first-order chi connectivity index (χ1) is 6.20. The van der Waals surface area contributed by atoms with Crippen molar-refractivity contribution in [3.05, 3.63) is 29.2 Å². The van der Waals surface area contributed by atoms with Crippen molar-refractivity contribution in [2.75, 3.05) is 0 Å². The van der Waals surface area contributed by atoms with E-state index in [4.69, 9.17) is 5.11 Å². The van der Waals surface area contributed by atoms with E-state index in [1.165, 1.54) is 0 Å². The van der Waals surface area contributed by atoms with Crippen molar-refractivity contribution in [3.63, 3.8) is 0 Å². The van der Waals surface area contributed by atoms with Gasteiger partial charge in [-0.15, -0.1) is 5.10 Å². The van der Waals surface area contributed by atoms with Crippen molar-refractivity contribution in [3.8, 4) is 0 Å². The molecule has 0 aliphatic carbocycles. The molecule has 0 saturated heterocycles. The number of rotatable bonds is 1. The zero-order chi connectivity index (χ0) is 9.42. The molecule has 0 radical (unpaired) electrons. The minimum absolute atomic E-state index is 0.111. The molecule has 0 unspecified atom stereocenters. The third kappa shape index (κ3) is 1.29. The highest BCUT2D eigenvalue weighted by atomic mass is 16.3. The summed E-state index contributed by atoms with van der Waals surface area (Å²) in [6.07, 6.45) is 0. The fourth-order valence-electron chi connectivity index (χ4n) is 1.42. The Morgan fingerprint density at radius 3 is 2.85 bits per heavy atom. The summed E-state index contributed by atoms with van der Waals surface area (Å²) in [5, 5.41) is 13.0. The molecule has 0 aliphatic heterocycles. The van der Waals surface area contributed by atoms with Gasteiger partial charge in [0.2, 0.25) is 0 Å². The van der Waals surface area contributed by atoms with Gasteiger partial charge >= 0.3 is 0 Å². The summed E-state index contributed by atoms with van der Waals surface area (Å²) in [6.45, 7) is 3.87. The van der Waals surface area contributed by atoms with Crippen LogP contribution >= 0.6 is 0 Å². The van der Waals surface area contributed by atoms with Crippen LogP contribution in [0.4, 0.5) is 0 Å². The minimum atomic E-state index is -0.111. The van der Waals surface area contributed by atoms with Gasteiger partial charge in [0.1, 0.15) is 6.61 Å². The number of aliphatic hydroxyl groups excluding tert-OH is 1. The first kappa shape index (κ1) is 8.19. The smallest absolute Gasteiger partial charge is 0.177 e. The van der Waals surface area contributed by atoms with Crippen LogP contribution in [0.1, 0.15) is 17.1 Å². The molecule has 1 N–H and O–H groups in total. The van der Waals surface area contributed by atoms with E-state index < -0.39 is 0 Å². The average molecular weight is 177 g/mol. The van der Waals surface area contributed by atoms with Gasteiger partial charge in [-0.2, -0.15) is 0 Å². The maximum Gasteiger partial charge on any atom is 0.177 e. The molecule has 4 nitrogen and oxygen atoms in total. The first-order valence-corrected chi connectivity index (χ1v) is 4.14. The van der Waals surface area contributed by atoms with E-state index in [1.807, 2.05) is 26.0 Å². The van der Waals surface area contributed by atoms with Gasteiger partial charge in [0.25, 0.3) is 0 Å². The summed E-state index contributed by atoms with van der Waals surface area (Å²) >= 11 is 0. The molecule has 0 aromatic carbocycles. The summed E-state index contributed by atoms with van der Waals surface area (Å²) in [7, 11) is 0. The van der Waals surface area contributed by atoms with Gasteiger partial charge in [0.05, 0.1) is 0 Å². The molecule has 4 heteroatoms. The molecule has 0 saturated carbocycles. The predicted octanol–water partition coefficient (Wildman–Crippen LogP) is 0.838. The van der Waals surface area contributed by atoms with Crippen molar-refractivity contribution in [1.29, 1.82) is 0 Å². The Bertz CT molecular complexity index is 447. The molecule has 2 heterocycles. The van der Waals surface area contributed by atoms with Crippen LogP contribution in [-0.4, -0.2) is 19.7 Å². The quantitative estimate of drug-likeness (QED) is 0.702. The molecule has 0 bridgehead atoms. The van der Waals surface area contributed by atoms with E-state index in [1.54, 1.807) is 4.52 Å². The summed E-state index contributed by atoms with van der Waals surface area (Å²) < 4.78 is 1.73. The van der Waals surface area contributed by atoms with Crippen molar-refractivity contribution in [1.82, 2.24) is 14.6 Å². The zero-order valence-electron chi connectivity index (χ0n) is 7.65. The van der Waals surface area contributed by atoms with Crippen molar-refractivity contribution in [2.45, 2.75) is 20.5 Å². The average Bonchev–Trinajstić information content (AvgIpc) is 2.47. The number of hydrogen-bond donors (Lipinski definition) is 1. The number of aromatic nitrogens is 3. The lowest BCUT2D eigenvalue weighted by atomic mass is 10.2. The van der Waals surface area contributed by atoms with Crippen molar-refractivity contribution < 1.29 is 5.11 Å². The molecule has 2 rings (SSSR count). The third-order valence-electron chi connectivity index (χ3n) is 1.94. The van der Waals surface area contributed by atoms with Crippen LogP contribution in [0.2, 0.25) is 0 Å². The molecule has 0 spiro atoms. The number of hydrogen-bond acceptors (Lipinski definition) is 3. The van der Waals surface area contributed by atoms with Gasteiger partial charge in [0.15, 0.2) is 11.5 Å². The van der Waals surface area contributed by atoms with Crippen LogP contribution in [0.25, 0.3) is 5.65 Å². The highest BCUT2D eigenvalue weighted by Crippen LogP contribution is 2.08. The summed E-state index contributed by atoms with van der Waals surface area (Å²) in [5.41, 5.74) is 2.98. The summed E-state index contributed by atoms with van der Waals surface area (Å²) in [5.74, 6) is 0.466. The Hall–Kier alpha value is -1.42. The van der Waals surface area contributed by atoms with E-state index in [0.717, 1.165) is 16.9 Å². The Morgan fingerprint density at radius 2 is 2.15 bits per heavy atom. The molecule has 13 heavy (non-hydrogen) atoms. The van der Waals surface area contributed by atoms with Gasteiger partial charge in [-0.1, -0.05) is 0 Å². The molecular formula is C9H11N3O. The van der Waals surface area contributed by atoms with E-state index in [9.17, 15) is 0 Å². The topological polar surface area (TPSA) is 50.4 Å². The number of aliphatic hydroxyl groups is 1. The van der Waals surface area contributed by atoms with Crippen molar-refractivity contribution >= 4 is 5.65 Å². The van der Waals surface area contributed by atoms with E-state index in [0.29, 0.717) is 5.82 Å². The van der Waals surface area contributed by atoms with Gasteiger partial charge in [0, 0.05) is 5.69 Å². The van der Waals surface area contributed by atoms with Gasteiger partial charge in [-0.3, -0.25) is 0 Å². The monoisotopic (exact) mass is 177 g/mol. The van der Waals surface area contributed by atoms with E-state index in [-0.39, 0.29) is 6.61 Å². The Labute approximate surface area is 75.8 Å². The molecule has 0 amide bonds. The second kappa shape index (κ2) is 2.81. The molecule has 0 aliphatic rings. The summed E-state index contributed by atoms with van der Waals surface area (Å²) in [4.78, 5) is 4.15. The predicted molar refractivity (Wildman–Crippen MR) is 48.4 cm³/mol. The van der Waals surface area contributed by atoms with Crippen LogP contribution < -0.4 is 0 Å². The normalized spacial score (nSPS) is 11.0. The SMILES string of the molecule is Cc1cc(C)n2nc(CO)nc2c1. The Balaban J connectivity index is 2.75. The van der Waals surface area contributed by atoms with Crippen LogP contribution in [0.15, 0.2) is 12.1 Å². The maximum absolute atomic E-state index is 8.86. The zero-order valence-corrected chi connectivity index (χ0v) is 7.65. The number of aryl methyl sites for hydroxylation is 2. The first-order valence-electron chi connectivity index (χ1n) is 4.14. The Kier molecular flexibility index (Phi) is 1.77. The highest BCUT2D eigenvalue weighted by Gasteiger charge is 2.04. The molecule has 0 atom stereocenters. The molecular weight excluding hydrogens is 166 g/mol. The lowest BCUT2D eigenvalue weighted by Gasteiger charge is -1.98. The molecule has 68 valence electrons. The standard InChI is InChI=1S/C9H11N3O/c1-6-3-7(2)12-9(4-6)10-8(5-13)11-12/h3-4,13H,5H2,1-2H3. The lowest BCUT2D eigenvalue weighted by molar-refractivity contribution is 0.271. The second-order valence-electron chi connectivity index (χ2n) is 3.13.